The molecule has 4 aromatic carbocycles. The van der Waals surface area contributed by atoms with Crippen LogP contribution in [0.25, 0.3) is 0 Å². The Kier molecular flexibility index (Phi) is 10.5. The first kappa shape index (κ1) is 32.1. The number of aliphatic imine (C=N–C) groups is 2. The summed E-state index contributed by atoms with van der Waals surface area (Å²) in [7, 11) is 0. The average molecular weight is 573 g/mol. The van der Waals surface area contributed by atoms with Crippen molar-refractivity contribution >= 4 is 11.4 Å². The van der Waals surface area contributed by atoms with E-state index in [0.717, 1.165) is 35.4 Å². The molecule has 4 N–H and O–H groups in total. The smallest absolute Gasteiger partial charge is 0.151 e. The topological polar surface area (TPSA) is 76.8 Å². The normalized spacial score (nSPS) is 16.7. The monoisotopic (exact) mass is 572 g/mol. The van der Waals surface area contributed by atoms with Crippen molar-refractivity contribution in [3.8, 4) is 0 Å². The Morgan fingerprint density at radius 2 is 0.791 bits per heavy atom. The van der Waals surface area contributed by atoms with Crippen molar-refractivity contribution in [2.45, 2.75) is 85.0 Å². The van der Waals surface area contributed by atoms with E-state index in [1.165, 1.54) is 52.6 Å². The van der Waals surface area contributed by atoms with Crippen LogP contribution in [0.2, 0.25) is 0 Å². The number of benzene rings is 4. The first-order valence-corrected chi connectivity index (χ1v) is 15.2. The van der Waals surface area contributed by atoms with Gasteiger partial charge >= 0.3 is 0 Å². The van der Waals surface area contributed by atoms with Gasteiger partial charge in [-0.2, -0.15) is 0 Å². The molecular formula is C39H48N4. The number of hydrogen-bond donors (Lipinski definition) is 2. The van der Waals surface area contributed by atoms with Gasteiger partial charge in [0.1, 0.15) is 0 Å². The van der Waals surface area contributed by atoms with Crippen LogP contribution in [-0.4, -0.2) is 17.1 Å². The van der Waals surface area contributed by atoms with Crippen LogP contribution in [0.4, 0.5) is 0 Å². The molecule has 1 heterocycles. The minimum Gasteiger partial charge on any atom is -0.322 e. The van der Waals surface area contributed by atoms with Crippen molar-refractivity contribution in [2.75, 3.05) is 0 Å². The lowest BCUT2D eigenvalue weighted by Gasteiger charge is -2.27. The van der Waals surface area contributed by atoms with Crippen LogP contribution in [-0.2, 0) is 0 Å². The van der Waals surface area contributed by atoms with Gasteiger partial charge < -0.3 is 11.5 Å². The number of nitrogens with zero attached hydrogens (tertiary/aromatic N) is 2. The van der Waals surface area contributed by atoms with E-state index in [1.54, 1.807) is 0 Å². The molecule has 1 spiro atoms. The summed E-state index contributed by atoms with van der Waals surface area (Å²) >= 11 is 0. The Morgan fingerprint density at radius 1 is 0.488 bits per heavy atom. The number of aryl methyl sites for hydroxylation is 4. The maximum Gasteiger partial charge on any atom is 0.151 e. The minimum atomic E-state index is -0.210. The molecule has 1 fully saturated rings. The highest BCUT2D eigenvalue weighted by molar-refractivity contribution is 6.54. The van der Waals surface area contributed by atoms with E-state index < -0.39 is 0 Å². The van der Waals surface area contributed by atoms with Gasteiger partial charge in [0.25, 0.3) is 0 Å². The van der Waals surface area contributed by atoms with Crippen molar-refractivity contribution in [3.05, 3.63) is 142 Å². The van der Waals surface area contributed by atoms with E-state index in [1.807, 2.05) is 24.3 Å². The average Bonchev–Trinajstić information content (AvgIpc) is 3.37. The lowest BCUT2D eigenvalue weighted by Crippen LogP contribution is -2.26. The molecule has 2 atom stereocenters. The second kappa shape index (κ2) is 14.1. The molecule has 4 nitrogen and oxygen atoms in total. The van der Waals surface area contributed by atoms with E-state index in [-0.39, 0.29) is 25.2 Å². The summed E-state index contributed by atoms with van der Waals surface area (Å²) in [5.74, 6) is 0. The van der Waals surface area contributed by atoms with Gasteiger partial charge in [-0.15, -0.1) is 0 Å². The number of nitrogens with two attached hydrogens (primary N) is 2. The van der Waals surface area contributed by atoms with Crippen LogP contribution in [0.15, 0.2) is 107 Å². The van der Waals surface area contributed by atoms with Gasteiger partial charge in [-0.3, -0.25) is 9.98 Å². The molecule has 1 aliphatic carbocycles. The van der Waals surface area contributed by atoms with Gasteiger partial charge in [-0.05, 0) is 64.5 Å². The number of rotatable bonds is 5. The van der Waals surface area contributed by atoms with Gasteiger partial charge in [-0.25, -0.2) is 0 Å². The van der Waals surface area contributed by atoms with Gasteiger partial charge in [0.15, 0.2) is 5.66 Å². The molecule has 43 heavy (non-hydrogen) atoms. The van der Waals surface area contributed by atoms with Crippen LogP contribution in [0.5, 0.6) is 0 Å². The molecule has 224 valence electrons. The van der Waals surface area contributed by atoms with Crippen molar-refractivity contribution < 1.29 is 0 Å². The molecule has 2 aliphatic rings. The maximum atomic E-state index is 6.23. The summed E-state index contributed by atoms with van der Waals surface area (Å²) < 4.78 is 0. The summed E-state index contributed by atoms with van der Waals surface area (Å²) in [5, 5.41) is 0. The van der Waals surface area contributed by atoms with Gasteiger partial charge in [0.2, 0.25) is 0 Å². The summed E-state index contributed by atoms with van der Waals surface area (Å²) in [5.41, 5.74) is 23.9. The van der Waals surface area contributed by atoms with Crippen molar-refractivity contribution in [2.24, 2.45) is 21.5 Å². The third kappa shape index (κ3) is 7.76. The highest BCUT2D eigenvalue weighted by atomic mass is 15.1. The minimum absolute atomic E-state index is 0. The third-order valence-corrected chi connectivity index (χ3v) is 8.48. The predicted molar refractivity (Wildman–Crippen MR) is 184 cm³/mol. The van der Waals surface area contributed by atoms with Gasteiger partial charge in [-0.1, -0.05) is 133 Å². The highest BCUT2D eigenvalue weighted by Gasteiger charge is 2.37. The zero-order valence-electron chi connectivity index (χ0n) is 25.5. The number of hydrogen-bond acceptors (Lipinski definition) is 4. The Bertz CT molecular complexity index is 1410. The summed E-state index contributed by atoms with van der Waals surface area (Å²) in [6.45, 7) is 8.38. The molecule has 1 aliphatic heterocycles. The molecule has 2 unspecified atom stereocenters. The van der Waals surface area contributed by atoms with Crippen molar-refractivity contribution in [3.63, 3.8) is 0 Å². The molecule has 0 amide bonds. The lowest BCUT2D eigenvalue weighted by molar-refractivity contribution is 0.316. The van der Waals surface area contributed by atoms with E-state index >= 15 is 0 Å². The van der Waals surface area contributed by atoms with Crippen LogP contribution in [0.3, 0.4) is 0 Å². The van der Waals surface area contributed by atoms with E-state index in [0.29, 0.717) is 0 Å². The third-order valence-electron chi connectivity index (χ3n) is 8.48. The Balaban J connectivity index is 0.000000201. The zero-order chi connectivity index (χ0) is 29.7. The molecular weight excluding hydrogens is 524 g/mol. The molecule has 0 saturated heterocycles. The second-order valence-electron chi connectivity index (χ2n) is 12.1. The molecule has 1 saturated carbocycles. The molecule has 0 bridgehead atoms. The first-order valence-electron chi connectivity index (χ1n) is 15.2. The lowest BCUT2D eigenvalue weighted by atomic mass is 9.90. The molecule has 0 radical (unpaired) electrons. The van der Waals surface area contributed by atoms with Crippen LogP contribution in [0, 0.1) is 27.7 Å². The van der Waals surface area contributed by atoms with Gasteiger partial charge in [0, 0.05) is 23.2 Å². The summed E-state index contributed by atoms with van der Waals surface area (Å²) in [6, 6.07) is 33.5. The standard InChI is InChI=1S/C22H24N2.C16H20N2.CH4/c1-16-6-10-18(11-7-16)20-21(19-12-8-17(2)9-13-19)24-22(23-20)14-4-3-5-15-22;1-11-3-7-13(8-4-11)15(17)16(18)14-9-5-12(2)6-10-14;/h6-13H,3-5,14-15H2,1-2H3;3-10,15-16H,17-18H2,1-2H3;1H4. The fourth-order valence-corrected chi connectivity index (χ4v) is 5.71. The summed E-state index contributed by atoms with van der Waals surface area (Å²) in [6.07, 6.45) is 5.94. The zero-order valence-corrected chi connectivity index (χ0v) is 25.5. The van der Waals surface area contributed by atoms with Crippen LogP contribution < -0.4 is 11.5 Å². The molecule has 4 heteroatoms. The van der Waals surface area contributed by atoms with Gasteiger partial charge in [0.05, 0.1) is 11.4 Å². The molecule has 6 rings (SSSR count). The Morgan fingerprint density at radius 3 is 1.12 bits per heavy atom. The Labute approximate surface area is 259 Å². The molecule has 4 aromatic rings. The highest BCUT2D eigenvalue weighted by Crippen LogP contribution is 2.38. The second-order valence-corrected chi connectivity index (χ2v) is 12.1. The van der Waals surface area contributed by atoms with E-state index in [9.17, 15) is 0 Å². The van der Waals surface area contributed by atoms with Crippen LogP contribution >= 0.6 is 0 Å². The van der Waals surface area contributed by atoms with E-state index in [2.05, 4.69) is 100 Å². The fraction of sp³-hybridized carbons (Fsp3) is 0.333. The fourth-order valence-electron chi connectivity index (χ4n) is 5.71. The first-order chi connectivity index (χ1) is 20.2. The molecule has 0 aromatic heterocycles. The van der Waals surface area contributed by atoms with Crippen molar-refractivity contribution in [1.29, 1.82) is 0 Å². The van der Waals surface area contributed by atoms with E-state index in [4.69, 9.17) is 21.5 Å². The predicted octanol–water partition coefficient (Wildman–Crippen LogP) is 8.90. The summed E-state index contributed by atoms with van der Waals surface area (Å²) in [4.78, 5) is 10.3. The SMILES string of the molecule is C.Cc1ccc(C(N)C(N)c2ccc(C)cc2)cc1.Cc1ccc(C2=NC3(CCCCC3)N=C2c2ccc(C)cc2)cc1. The maximum absolute atomic E-state index is 6.23. The quantitative estimate of drug-likeness (QED) is 0.250. The Hall–Kier alpha value is -3.86. The van der Waals surface area contributed by atoms with Crippen molar-refractivity contribution in [1.82, 2.24) is 0 Å². The van der Waals surface area contributed by atoms with Crippen LogP contribution in [0.1, 0.15) is 96.1 Å². The largest absolute Gasteiger partial charge is 0.322 e.